The lowest BCUT2D eigenvalue weighted by molar-refractivity contribution is 0.105. The molecule has 0 radical (unpaired) electrons. The van der Waals surface area contributed by atoms with Crippen molar-refractivity contribution in [3.05, 3.63) is 225 Å². The molecular formula is C104H124F2N2O4. The highest BCUT2D eigenvalue weighted by atomic mass is 19.1. The van der Waals surface area contributed by atoms with E-state index < -0.39 is 17.0 Å². The third-order valence-corrected chi connectivity index (χ3v) is 24.0. The van der Waals surface area contributed by atoms with Gasteiger partial charge in [-0.2, -0.15) is 0 Å². The molecule has 112 heavy (non-hydrogen) atoms. The fraction of sp³-hybridized carbons (Fsp3) is 0.423. The van der Waals surface area contributed by atoms with E-state index in [1.165, 1.54) is 34.4 Å². The van der Waals surface area contributed by atoms with Gasteiger partial charge in [0.05, 0.1) is 46.7 Å². The standard InChI is InChI=1S/C104H124F2N2O4/c1-61-31-35-79-80-36-32-62(2)40-88(80)107(87(79)39-61)91-53-75(103(23,24)59-97(5,6)7)51-83(93(91)109)85-55-77(105)41-63(3)95(85)111-57-67-29-27-28-30-68(67)58-112-96-64(4)42-78(106)56-86(96)84-52-76(104(25,26)60-98(8,9)10)54-92(94(84)110)108-89-47-65(69-43-71(99(11,12)13)49-72(44-69)100(14,15)16)33-37-81(89)82-38-34-66(48-90(82)108)70-45-73(101(17,18)19)50-74(46-70)102(20,21)22/h31-56,67-68,109-110H,27-30,57-60H2,1-26H3/t67-,68-/m0/s1. The molecule has 2 N–H and O–H groups in total. The van der Waals surface area contributed by atoms with Crippen LogP contribution in [0.15, 0.2) is 158 Å². The van der Waals surface area contributed by atoms with Crippen LogP contribution in [0.3, 0.4) is 0 Å². The van der Waals surface area contributed by atoms with Crippen molar-refractivity contribution in [2.45, 2.75) is 251 Å². The van der Waals surface area contributed by atoms with Gasteiger partial charge in [0.2, 0.25) is 0 Å². The Bertz CT molecular complexity index is 5390. The van der Waals surface area contributed by atoms with E-state index in [1.807, 2.05) is 13.8 Å². The Labute approximate surface area is 668 Å². The summed E-state index contributed by atoms with van der Waals surface area (Å²) in [5.41, 5.74) is 20.5. The van der Waals surface area contributed by atoms with Gasteiger partial charge in [-0.1, -0.05) is 250 Å². The molecule has 0 saturated heterocycles. The van der Waals surface area contributed by atoms with Gasteiger partial charge in [0.15, 0.2) is 0 Å². The first-order valence-electron chi connectivity index (χ1n) is 41.1. The first-order valence-corrected chi connectivity index (χ1v) is 41.1. The molecule has 0 unspecified atom stereocenters. The van der Waals surface area contributed by atoms with E-state index in [9.17, 15) is 10.2 Å². The Morgan fingerprint density at radius 1 is 0.339 bits per heavy atom. The van der Waals surface area contributed by atoms with Gasteiger partial charge in [-0.25, -0.2) is 8.78 Å². The zero-order chi connectivity index (χ0) is 81.4. The minimum Gasteiger partial charge on any atom is -0.505 e. The van der Waals surface area contributed by atoms with Crippen LogP contribution in [0.2, 0.25) is 0 Å². The Morgan fingerprint density at radius 2 is 0.652 bits per heavy atom. The van der Waals surface area contributed by atoms with Crippen molar-refractivity contribution in [1.29, 1.82) is 0 Å². The van der Waals surface area contributed by atoms with E-state index in [-0.39, 0.29) is 61.2 Å². The van der Waals surface area contributed by atoms with Crippen LogP contribution >= 0.6 is 0 Å². The van der Waals surface area contributed by atoms with Crippen LogP contribution < -0.4 is 9.47 Å². The van der Waals surface area contributed by atoms with Gasteiger partial charge < -0.3 is 28.8 Å². The number of hydrogen-bond acceptors (Lipinski definition) is 4. The molecule has 0 bridgehead atoms. The second-order valence-electron chi connectivity index (χ2n) is 41.4. The molecule has 2 atom stereocenters. The van der Waals surface area contributed by atoms with Gasteiger partial charge in [0, 0.05) is 43.8 Å². The first kappa shape index (κ1) is 80.9. The number of fused-ring (bicyclic) bond motifs is 6. The molecule has 1 saturated carbocycles. The molecule has 0 amide bonds. The van der Waals surface area contributed by atoms with Crippen molar-refractivity contribution in [1.82, 2.24) is 9.13 Å². The van der Waals surface area contributed by atoms with E-state index in [0.717, 1.165) is 127 Å². The lowest BCUT2D eigenvalue weighted by atomic mass is 9.71. The summed E-state index contributed by atoms with van der Waals surface area (Å²) >= 11 is 0. The molecule has 13 rings (SSSR count). The molecule has 588 valence electrons. The number of rotatable bonds is 16. The summed E-state index contributed by atoms with van der Waals surface area (Å²) in [7, 11) is 0. The van der Waals surface area contributed by atoms with Gasteiger partial charge in [-0.3, -0.25) is 0 Å². The molecule has 12 aromatic rings. The van der Waals surface area contributed by atoms with Crippen molar-refractivity contribution in [3.8, 4) is 78.9 Å². The predicted molar refractivity (Wildman–Crippen MR) is 471 cm³/mol. The average molecular weight is 1500 g/mol. The summed E-state index contributed by atoms with van der Waals surface area (Å²) in [6, 6.07) is 55.5. The fourth-order valence-corrected chi connectivity index (χ4v) is 18.4. The van der Waals surface area contributed by atoms with Crippen molar-refractivity contribution in [2.24, 2.45) is 22.7 Å². The summed E-state index contributed by atoms with van der Waals surface area (Å²) < 4.78 is 52.5. The van der Waals surface area contributed by atoms with E-state index in [0.29, 0.717) is 69.5 Å². The average Bonchev–Trinajstić information content (AvgIpc) is 1.51. The number of aromatic hydroxyl groups is 2. The predicted octanol–water partition coefficient (Wildman–Crippen LogP) is 29.4. The lowest BCUT2D eigenvalue weighted by Crippen LogP contribution is -2.30. The Hall–Kier alpha value is -9.14. The number of hydrogen-bond donors (Lipinski definition) is 2. The summed E-state index contributed by atoms with van der Waals surface area (Å²) in [5, 5.41) is 31.4. The number of ether oxygens (including phenoxy) is 2. The number of aryl methyl sites for hydroxylation is 4. The molecule has 10 aromatic carbocycles. The molecule has 1 aliphatic carbocycles. The van der Waals surface area contributed by atoms with E-state index >= 15 is 8.78 Å². The van der Waals surface area contributed by atoms with Gasteiger partial charge in [-0.05, 0) is 259 Å². The van der Waals surface area contributed by atoms with Crippen LogP contribution in [-0.4, -0.2) is 32.6 Å². The van der Waals surface area contributed by atoms with Gasteiger partial charge in [-0.15, -0.1) is 0 Å². The quantitative estimate of drug-likeness (QED) is 0.101. The summed E-state index contributed by atoms with van der Waals surface area (Å²) in [6.45, 7) is 58.8. The first-order chi connectivity index (χ1) is 52.0. The van der Waals surface area contributed by atoms with E-state index in [4.69, 9.17) is 9.47 Å². The van der Waals surface area contributed by atoms with Crippen LogP contribution in [-0.2, 0) is 32.5 Å². The largest absolute Gasteiger partial charge is 0.505 e. The number of phenols is 2. The van der Waals surface area contributed by atoms with Crippen molar-refractivity contribution in [2.75, 3.05) is 13.2 Å². The van der Waals surface area contributed by atoms with Gasteiger partial charge in [0.25, 0.3) is 0 Å². The Morgan fingerprint density at radius 3 is 0.964 bits per heavy atom. The topological polar surface area (TPSA) is 68.8 Å². The van der Waals surface area contributed by atoms with Crippen molar-refractivity contribution >= 4 is 43.6 Å². The summed E-state index contributed by atoms with van der Waals surface area (Å²) in [6.07, 6.45) is 5.38. The van der Waals surface area contributed by atoms with Gasteiger partial charge in [0.1, 0.15) is 34.6 Å². The summed E-state index contributed by atoms with van der Waals surface area (Å²) in [4.78, 5) is 0. The zero-order valence-corrected chi connectivity index (χ0v) is 72.2. The summed E-state index contributed by atoms with van der Waals surface area (Å²) in [5.74, 6) is 0.269. The number of halogens is 2. The van der Waals surface area contributed by atoms with Crippen molar-refractivity contribution < 1.29 is 28.5 Å². The molecule has 2 heterocycles. The van der Waals surface area contributed by atoms with Gasteiger partial charge >= 0.3 is 0 Å². The normalized spacial score (nSPS) is 15.2. The third kappa shape index (κ3) is 16.4. The number of nitrogens with zero attached hydrogens (tertiary/aromatic N) is 2. The molecule has 8 heteroatoms. The van der Waals surface area contributed by atoms with Crippen LogP contribution in [0, 0.1) is 62.0 Å². The molecule has 6 nitrogen and oxygen atoms in total. The Kier molecular flexibility index (Phi) is 21.0. The SMILES string of the molecule is Cc1ccc2c3ccc(C)cc3n(-c3cc(C(C)(C)CC(C)(C)C)cc(-c4cc(F)cc(C)c4OC[C@@H]4CCCC[C@H]4COc4c(C)cc(F)cc4-c4cc(C(C)(C)CC(C)(C)C)cc(-n5c6cc(-c7cc(C(C)(C)C)cc(C(C)(C)C)c7)ccc6c6ccc(-c7cc(C(C)(C)C)cc(C(C)(C)C)c7)cc65)c4O)c3O)c2c1. The van der Waals surface area contributed by atoms with E-state index in [1.54, 1.807) is 12.1 Å². The second kappa shape index (κ2) is 29.1. The molecule has 0 spiro atoms. The number of phenolic OH excluding ortho intramolecular Hbond substituents is 2. The lowest BCUT2D eigenvalue weighted by Gasteiger charge is -2.34. The molecule has 1 aliphatic rings. The second-order valence-corrected chi connectivity index (χ2v) is 41.4. The van der Waals surface area contributed by atoms with Crippen LogP contribution in [0.5, 0.6) is 23.0 Å². The van der Waals surface area contributed by atoms with Crippen LogP contribution in [0.25, 0.3) is 99.5 Å². The highest BCUT2D eigenvalue weighted by Crippen LogP contribution is 2.53. The third-order valence-electron chi connectivity index (χ3n) is 24.0. The maximum absolute atomic E-state index is 16.9. The fourth-order valence-electron chi connectivity index (χ4n) is 18.4. The molecule has 1 fully saturated rings. The zero-order valence-electron chi connectivity index (χ0n) is 72.2. The van der Waals surface area contributed by atoms with Crippen molar-refractivity contribution in [3.63, 3.8) is 0 Å². The molecular weight excluding hydrogens is 1380 g/mol. The van der Waals surface area contributed by atoms with Crippen LogP contribution in [0.4, 0.5) is 8.78 Å². The number of benzene rings is 10. The van der Waals surface area contributed by atoms with Crippen LogP contribution in [0.1, 0.15) is 246 Å². The maximum atomic E-state index is 16.9. The molecule has 0 aliphatic heterocycles. The minimum atomic E-state index is -0.448. The highest BCUT2D eigenvalue weighted by molar-refractivity contribution is 6.12. The number of aromatic nitrogens is 2. The smallest absolute Gasteiger partial charge is 0.147 e. The highest BCUT2D eigenvalue weighted by Gasteiger charge is 2.36. The maximum Gasteiger partial charge on any atom is 0.147 e. The monoisotopic (exact) mass is 1500 g/mol. The Balaban J connectivity index is 0.941. The minimum absolute atomic E-state index is 0.00773. The van der Waals surface area contributed by atoms with E-state index in [2.05, 4.69) is 309 Å². The molecule has 2 aromatic heterocycles.